The Kier molecular flexibility index (Phi) is 8.74. The second kappa shape index (κ2) is 14.5. The van der Waals surface area contributed by atoms with Crippen molar-refractivity contribution >= 4 is 54.9 Å². The summed E-state index contributed by atoms with van der Waals surface area (Å²) in [4.78, 5) is 16.5. The molecule has 270 valence electrons. The number of benzene rings is 6. The van der Waals surface area contributed by atoms with E-state index < -0.39 is 0 Å². The number of aryl methyl sites for hydroxylation is 1. The summed E-state index contributed by atoms with van der Waals surface area (Å²) in [5, 5.41) is 3.62. The summed E-state index contributed by atoms with van der Waals surface area (Å²) >= 11 is 1.82. The van der Waals surface area contributed by atoms with Crippen molar-refractivity contribution in [3.8, 4) is 63.3 Å². The number of hydrogen-bond acceptors (Lipinski definition) is 4. The Bertz CT molecular complexity index is 3130. The fourth-order valence-electron chi connectivity index (χ4n) is 8.01. The molecule has 0 unspecified atom stereocenters. The Hall–Kier alpha value is -7.13. The van der Waals surface area contributed by atoms with Crippen molar-refractivity contribution in [1.82, 2.24) is 19.5 Å². The summed E-state index contributed by atoms with van der Waals surface area (Å²) in [5.41, 5.74) is 12.1. The van der Waals surface area contributed by atoms with E-state index in [1.165, 1.54) is 53.6 Å². The summed E-state index contributed by atoms with van der Waals surface area (Å²) in [6.07, 6.45) is 18.3. The molecule has 4 nitrogen and oxygen atoms in total. The number of para-hydroxylation sites is 1. The fourth-order valence-corrected chi connectivity index (χ4v) is 9.19. The van der Waals surface area contributed by atoms with Gasteiger partial charge in [0.25, 0.3) is 0 Å². The first-order valence-electron chi connectivity index (χ1n) is 19.2. The lowest BCUT2D eigenvalue weighted by atomic mass is 9.98. The number of nitrogens with zero attached hydrogens (tertiary/aromatic N) is 4. The van der Waals surface area contributed by atoms with E-state index in [-0.39, 0.29) is 0 Å². The molecule has 0 bridgehead atoms. The van der Waals surface area contributed by atoms with Crippen molar-refractivity contribution in [1.29, 1.82) is 0 Å². The number of allylic oxidation sites excluding steroid dienone is 5. The van der Waals surface area contributed by atoms with Gasteiger partial charge in [-0.25, -0.2) is 15.0 Å². The van der Waals surface area contributed by atoms with Gasteiger partial charge in [0.15, 0.2) is 17.5 Å². The average Bonchev–Trinajstić information content (AvgIpc) is 3.79. The Morgan fingerprint density at radius 3 is 2.07 bits per heavy atom. The molecule has 0 radical (unpaired) electrons. The highest BCUT2D eigenvalue weighted by atomic mass is 32.1. The Morgan fingerprint density at radius 1 is 0.614 bits per heavy atom. The third-order valence-electron chi connectivity index (χ3n) is 10.8. The molecule has 5 heteroatoms. The molecule has 6 aromatic carbocycles. The molecule has 0 fully saturated rings. The molecule has 1 aliphatic carbocycles. The second-order valence-corrected chi connectivity index (χ2v) is 15.5. The van der Waals surface area contributed by atoms with Gasteiger partial charge in [0.2, 0.25) is 0 Å². The van der Waals surface area contributed by atoms with Crippen LogP contribution in [0.3, 0.4) is 0 Å². The predicted octanol–water partition coefficient (Wildman–Crippen LogP) is 13.5. The third-order valence-corrected chi connectivity index (χ3v) is 11.9. The van der Waals surface area contributed by atoms with Gasteiger partial charge in [-0.2, -0.15) is 0 Å². The highest BCUT2D eigenvalue weighted by Crippen LogP contribution is 2.41. The van der Waals surface area contributed by atoms with E-state index in [2.05, 4.69) is 145 Å². The lowest BCUT2D eigenvalue weighted by Gasteiger charge is -2.12. The molecule has 0 aliphatic heterocycles. The zero-order chi connectivity index (χ0) is 38.3. The molecule has 3 aromatic heterocycles. The monoisotopic (exact) mass is 748 g/mol. The van der Waals surface area contributed by atoms with Crippen LogP contribution >= 0.6 is 11.3 Å². The standard InChI is InChI=1S/C52H36N4S/c1-3-4-21-42-34(2)57-49-43(23-14-24-46(42)49)39-30-31-45-44-22-11-12-25-47(44)56(48(45)33-39)41-20-13-19-40(32-41)52-54-50(37-17-9-6-10-18-37)53-51(55-52)38-28-26-36(27-29-38)35-15-7-5-8-16-35/h1,4,6-7,9-33H,5,8H2,2H3/b21-4-. The largest absolute Gasteiger partial charge is 0.309 e. The van der Waals surface area contributed by atoms with Crippen molar-refractivity contribution in [3.05, 3.63) is 180 Å². The molecule has 0 amide bonds. The van der Waals surface area contributed by atoms with E-state index >= 15 is 0 Å². The SMILES string of the molecule is C#C/C=C\c1c(C)sc2c(-c3ccc4c5ccccc5n(-c5cccc(-c6nc(-c7ccccc7)nc(-c7ccc(C8=CCCC=C8)cc7)n6)c5)c4c3)cccc12. The van der Waals surface area contributed by atoms with E-state index in [4.69, 9.17) is 21.4 Å². The zero-order valence-electron chi connectivity index (χ0n) is 31.4. The number of terminal acetylenes is 1. The van der Waals surface area contributed by atoms with Crippen LogP contribution in [0.1, 0.15) is 28.8 Å². The van der Waals surface area contributed by atoms with Gasteiger partial charge in [0, 0.05) is 48.1 Å². The van der Waals surface area contributed by atoms with E-state index in [0.29, 0.717) is 17.5 Å². The maximum atomic E-state index is 5.59. The Balaban J connectivity index is 1.11. The fraction of sp³-hybridized carbons (Fsp3) is 0.0577. The summed E-state index contributed by atoms with van der Waals surface area (Å²) in [7, 11) is 0. The van der Waals surface area contributed by atoms with Crippen LogP contribution in [0.2, 0.25) is 0 Å². The Labute approximate surface area is 335 Å². The third kappa shape index (κ3) is 6.27. The molecule has 57 heavy (non-hydrogen) atoms. The van der Waals surface area contributed by atoms with Gasteiger partial charge in [0.1, 0.15) is 0 Å². The molecule has 1 aliphatic rings. The molecule has 0 saturated heterocycles. The highest BCUT2D eigenvalue weighted by Gasteiger charge is 2.18. The normalized spacial score (nSPS) is 12.8. The summed E-state index contributed by atoms with van der Waals surface area (Å²) in [5.74, 6) is 4.56. The second-order valence-electron chi connectivity index (χ2n) is 14.3. The summed E-state index contributed by atoms with van der Waals surface area (Å²) in [6.45, 7) is 2.17. The number of rotatable bonds is 7. The summed E-state index contributed by atoms with van der Waals surface area (Å²) in [6, 6.07) is 49.3. The maximum absolute atomic E-state index is 5.59. The van der Waals surface area contributed by atoms with Crippen LogP contribution in [0, 0.1) is 19.3 Å². The molecular formula is C52H36N4S. The molecule has 0 atom stereocenters. The molecular weight excluding hydrogens is 713 g/mol. The smallest absolute Gasteiger partial charge is 0.164 e. The molecule has 10 rings (SSSR count). The molecule has 0 saturated carbocycles. The van der Waals surface area contributed by atoms with E-state index in [9.17, 15) is 0 Å². The first kappa shape index (κ1) is 34.4. The lowest BCUT2D eigenvalue weighted by molar-refractivity contribution is 1.04. The van der Waals surface area contributed by atoms with Crippen molar-refractivity contribution in [3.63, 3.8) is 0 Å². The Morgan fingerprint density at radius 2 is 1.28 bits per heavy atom. The van der Waals surface area contributed by atoms with Gasteiger partial charge in [0.05, 0.1) is 11.0 Å². The van der Waals surface area contributed by atoms with Crippen molar-refractivity contribution < 1.29 is 0 Å². The first-order valence-corrected chi connectivity index (χ1v) is 20.0. The van der Waals surface area contributed by atoms with Gasteiger partial charge >= 0.3 is 0 Å². The molecule has 9 aromatic rings. The average molecular weight is 749 g/mol. The van der Waals surface area contributed by atoms with Gasteiger partial charge < -0.3 is 4.57 Å². The minimum atomic E-state index is 0.624. The van der Waals surface area contributed by atoms with E-state index in [1.54, 1.807) is 6.08 Å². The van der Waals surface area contributed by atoms with E-state index in [0.717, 1.165) is 46.3 Å². The van der Waals surface area contributed by atoms with Crippen LogP contribution in [-0.4, -0.2) is 19.5 Å². The topological polar surface area (TPSA) is 43.6 Å². The first-order chi connectivity index (χ1) is 28.1. The van der Waals surface area contributed by atoms with Crippen LogP contribution in [-0.2, 0) is 0 Å². The van der Waals surface area contributed by atoms with E-state index in [1.807, 2.05) is 47.7 Å². The van der Waals surface area contributed by atoms with Crippen LogP contribution in [0.5, 0.6) is 0 Å². The predicted molar refractivity (Wildman–Crippen MR) is 240 cm³/mol. The minimum absolute atomic E-state index is 0.624. The minimum Gasteiger partial charge on any atom is -0.309 e. The van der Waals surface area contributed by atoms with Gasteiger partial charge in [-0.3, -0.25) is 0 Å². The molecule has 3 heterocycles. The van der Waals surface area contributed by atoms with Gasteiger partial charge in [-0.1, -0.05) is 139 Å². The van der Waals surface area contributed by atoms with Crippen LogP contribution in [0.25, 0.3) is 94.5 Å². The zero-order valence-corrected chi connectivity index (χ0v) is 32.2. The van der Waals surface area contributed by atoms with Gasteiger partial charge in [-0.05, 0) is 84.0 Å². The van der Waals surface area contributed by atoms with Crippen LogP contribution < -0.4 is 0 Å². The number of aromatic nitrogens is 4. The summed E-state index contributed by atoms with van der Waals surface area (Å²) < 4.78 is 3.62. The molecule has 0 spiro atoms. The maximum Gasteiger partial charge on any atom is 0.164 e. The van der Waals surface area contributed by atoms with Gasteiger partial charge in [-0.15, -0.1) is 17.8 Å². The van der Waals surface area contributed by atoms with Crippen molar-refractivity contribution in [2.75, 3.05) is 0 Å². The lowest BCUT2D eigenvalue weighted by Crippen LogP contribution is -2.01. The van der Waals surface area contributed by atoms with Crippen molar-refractivity contribution in [2.24, 2.45) is 0 Å². The van der Waals surface area contributed by atoms with Crippen LogP contribution in [0.4, 0.5) is 0 Å². The van der Waals surface area contributed by atoms with Crippen LogP contribution in [0.15, 0.2) is 164 Å². The number of hydrogen-bond donors (Lipinski definition) is 0. The quantitative estimate of drug-likeness (QED) is 0.152. The number of fused-ring (bicyclic) bond motifs is 4. The number of thiophene rings is 1. The molecule has 0 N–H and O–H groups in total. The van der Waals surface area contributed by atoms with Crippen molar-refractivity contribution in [2.45, 2.75) is 19.8 Å². The highest BCUT2D eigenvalue weighted by molar-refractivity contribution is 7.20.